The second-order valence-corrected chi connectivity index (χ2v) is 9.35. The highest BCUT2D eigenvalue weighted by Gasteiger charge is 2.21. The van der Waals surface area contributed by atoms with Crippen LogP contribution in [0, 0.1) is 17.2 Å². The number of likely N-dealkylation sites (tertiary alicyclic amines) is 1. The minimum Gasteiger partial charge on any atom is -0.496 e. The van der Waals surface area contributed by atoms with E-state index >= 15 is 0 Å². The quantitative estimate of drug-likeness (QED) is 0.353. The zero-order chi connectivity index (χ0) is 26.2. The Labute approximate surface area is 217 Å². The van der Waals surface area contributed by atoms with Crippen molar-refractivity contribution < 1.29 is 14.3 Å². The molecule has 1 aliphatic heterocycles. The first-order chi connectivity index (χ1) is 18.0. The molecule has 8 nitrogen and oxygen atoms in total. The van der Waals surface area contributed by atoms with Crippen LogP contribution in [0.15, 0.2) is 54.7 Å². The third-order valence-electron chi connectivity index (χ3n) is 6.75. The minimum atomic E-state index is -0.295. The zero-order valence-electron chi connectivity index (χ0n) is 21.2. The number of methoxy groups -OCH3 is 1. The molecule has 1 aromatic heterocycles. The molecule has 1 fully saturated rings. The summed E-state index contributed by atoms with van der Waals surface area (Å²) in [6, 6.07) is 16.4. The Morgan fingerprint density at radius 2 is 1.84 bits per heavy atom. The maximum Gasteiger partial charge on any atom is 0.252 e. The molecule has 0 aliphatic carbocycles. The van der Waals surface area contributed by atoms with Crippen LogP contribution in [0.4, 0.5) is 0 Å². The number of nitriles is 1. The molecule has 1 aliphatic rings. The second-order valence-electron chi connectivity index (χ2n) is 9.35. The number of ketones is 1. The number of Topliss-reactive ketones (excluding diaryl/α,β-unsaturated/α-hetero) is 1. The summed E-state index contributed by atoms with van der Waals surface area (Å²) in [6.45, 7) is 2.05. The van der Waals surface area contributed by atoms with Gasteiger partial charge in [-0.3, -0.25) is 9.59 Å². The summed E-state index contributed by atoms with van der Waals surface area (Å²) in [6.07, 6.45) is 4.84. The first-order valence-corrected chi connectivity index (χ1v) is 12.4. The van der Waals surface area contributed by atoms with Crippen molar-refractivity contribution >= 4 is 11.7 Å². The van der Waals surface area contributed by atoms with Crippen LogP contribution < -0.4 is 10.1 Å². The van der Waals surface area contributed by atoms with E-state index in [0.717, 1.165) is 42.8 Å². The number of benzene rings is 2. The van der Waals surface area contributed by atoms with Crippen molar-refractivity contribution in [1.29, 1.82) is 5.26 Å². The highest BCUT2D eigenvalue weighted by molar-refractivity contribution is 5.96. The van der Waals surface area contributed by atoms with Gasteiger partial charge in [0.05, 0.1) is 18.9 Å². The van der Waals surface area contributed by atoms with Gasteiger partial charge in [-0.1, -0.05) is 24.3 Å². The van der Waals surface area contributed by atoms with Gasteiger partial charge in [-0.05, 0) is 63.2 Å². The van der Waals surface area contributed by atoms with E-state index in [2.05, 4.69) is 22.2 Å². The standard InChI is InChI=1S/C29H31N5O3/c1-34-15-10-20(11-16-34)17-26(35)23-7-8-24(27(18-23)37-2)19-28-31-13-9-25(33-28)21-3-5-22(6-4-21)29(36)32-14-12-30/h3-9,13,18,20H,10-11,14-17,19H2,1-2H3,(H,32,36). The SMILES string of the molecule is COc1cc(C(=O)CC2CCN(C)CC2)ccc1Cc1nccc(-c2ccc(C(=O)NCC#N)cc2)n1. The maximum atomic E-state index is 12.9. The van der Waals surface area contributed by atoms with Gasteiger partial charge in [0.15, 0.2) is 5.78 Å². The van der Waals surface area contributed by atoms with Gasteiger partial charge in [0, 0.05) is 41.3 Å². The summed E-state index contributed by atoms with van der Waals surface area (Å²) in [5.74, 6) is 1.57. The lowest BCUT2D eigenvalue weighted by Gasteiger charge is -2.28. The summed E-state index contributed by atoms with van der Waals surface area (Å²) in [5, 5.41) is 11.1. The number of nitrogens with one attached hydrogen (secondary N) is 1. The summed E-state index contributed by atoms with van der Waals surface area (Å²) >= 11 is 0. The lowest BCUT2D eigenvalue weighted by atomic mass is 9.89. The van der Waals surface area contributed by atoms with E-state index in [1.807, 2.05) is 42.5 Å². The van der Waals surface area contributed by atoms with Crippen molar-refractivity contribution in [2.24, 2.45) is 5.92 Å². The van der Waals surface area contributed by atoms with Gasteiger partial charge < -0.3 is 15.0 Å². The summed E-state index contributed by atoms with van der Waals surface area (Å²) in [5.41, 5.74) is 3.64. The molecule has 2 heterocycles. The van der Waals surface area contributed by atoms with Crippen molar-refractivity contribution in [3.8, 4) is 23.1 Å². The van der Waals surface area contributed by atoms with Crippen LogP contribution in [0.3, 0.4) is 0 Å². The molecule has 1 amide bonds. The van der Waals surface area contributed by atoms with Gasteiger partial charge >= 0.3 is 0 Å². The largest absolute Gasteiger partial charge is 0.496 e. The third kappa shape index (κ3) is 6.78. The first-order valence-electron chi connectivity index (χ1n) is 12.4. The van der Waals surface area contributed by atoms with Crippen molar-refractivity contribution in [2.75, 3.05) is 33.8 Å². The molecule has 3 aromatic rings. The van der Waals surface area contributed by atoms with Crippen LogP contribution in [0.2, 0.25) is 0 Å². The molecule has 37 heavy (non-hydrogen) atoms. The van der Waals surface area contributed by atoms with E-state index in [1.165, 1.54) is 0 Å². The lowest BCUT2D eigenvalue weighted by Crippen LogP contribution is -2.31. The van der Waals surface area contributed by atoms with E-state index in [0.29, 0.717) is 41.5 Å². The number of aromatic nitrogens is 2. The summed E-state index contributed by atoms with van der Waals surface area (Å²) in [4.78, 5) is 36.4. The van der Waals surface area contributed by atoms with Crippen LogP contribution in [0.1, 0.15) is 51.4 Å². The van der Waals surface area contributed by atoms with Crippen LogP contribution in [0.5, 0.6) is 5.75 Å². The molecule has 0 atom stereocenters. The van der Waals surface area contributed by atoms with Crippen LogP contribution in [0.25, 0.3) is 11.3 Å². The Balaban J connectivity index is 1.45. The van der Waals surface area contributed by atoms with E-state index in [4.69, 9.17) is 15.0 Å². The number of rotatable bonds is 9. The van der Waals surface area contributed by atoms with Crippen LogP contribution >= 0.6 is 0 Å². The maximum absolute atomic E-state index is 12.9. The minimum absolute atomic E-state index is 0.0349. The average Bonchev–Trinajstić information content (AvgIpc) is 2.93. The average molecular weight is 498 g/mol. The number of carbonyl (C=O) groups excluding carboxylic acids is 2. The fraction of sp³-hybridized carbons (Fsp3) is 0.345. The normalized spacial score (nSPS) is 14.1. The molecule has 4 rings (SSSR count). The van der Waals surface area contributed by atoms with Crippen molar-refractivity contribution in [2.45, 2.75) is 25.7 Å². The molecule has 0 bridgehead atoms. The van der Waals surface area contributed by atoms with Gasteiger partial charge in [-0.2, -0.15) is 5.26 Å². The number of ether oxygens (including phenoxy) is 1. The molecule has 8 heteroatoms. The first kappa shape index (κ1) is 26.0. The van der Waals surface area contributed by atoms with Crippen molar-refractivity contribution in [3.05, 3.63) is 77.2 Å². The highest BCUT2D eigenvalue weighted by Crippen LogP contribution is 2.27. The van der Waals surface area contributed by atoms with E-state index < -0.39 is 0 Å². The third-order valence-corrected chi connectivity index (χ3v) is 6.75. The van der Waals surface area contributed by atoms with Gasteiger partial charge in [0.25, 0.3) is 5.91 Å². The molecular weight excluding hydrogens is 466 g/mol. The monoisotopic (exact) mass is 497 g/mol. The fourth-order valence-electron chi connectivity index (χ4n) is 4.54. The molecule has 1 saturated heterocycles. The molecule has 190 valence electrons. The van der Waals surface area contributed by atoms with Crippen molar-refractivity contribution in [1.82, 2.24) is 20.2 Å². The Morgan fingerprint density at radius 3 is 2.54 bits per heavy atom. The molecule has 2 aromatic carbocycles. The zero-order valence-corrected chi connectivity index (χ0v) is 21.2. The van der Waals surface area contributed by atoms with Crippen LogP contribution in [-0.2, 0) is 6.42 Å². The summed E-state index contributed by atoms with van der Waals surface area (Å²) < 4.78 is 5.62. The van der Waals surface area contributed by atoms with E-state index in [9.17, 15) is 9.59 Å². The predicted octanol–water partition coefficient (Wildman–Crippen LogP) is 3.91. The van der Waals surface area contributed by atoms with Gasteiger partial charge in [0.2, 0.25) is 0 Å². The topological polar surface area (TPSA) is 108 Å². The Hall–Kier alpha value is -4.09. The molecule has 0 saturated carbocycles. The second kappa shape index (κ2) is 12.2. The van der Waals surface area contributed by atoms with Gasteiger partial charge in [-0.15, -0.1) is 0 Å². The predicted molar refractivity (Wildman–Crippen MR) is 140 cm³/mol. The highest BCUT2D eigenvalue weighted by atomic mass is 16.5. The number of amides is 1. The smallest absolute Gasteiger partial charge is 0.252 e. The summed E-state index contributed by atoms with van der Waals surface area (Å²) in [7, 11) is 3.73. The molecule has 0 spiro atoms. The number of hydrogen-bond donors (Lipinski definition) is 1. The van der Waals surface area contributed by atoms with E-state index in [-0.39, 0.29) is 18.2 Å². The van der Waals surface area contributed by atoms with E-state index in [1.54, 1.807) is 25.4 Å². The molecule has 0 unspecified atom stereocenters. The fourth-order valence-corrected chi connectivity index (χ4v) is 4.54. The molecule has 1 N–H and O–H groups in total. The molecular formula is C29H31N5O3. The Bertz CT molecular complexity index is 1290. The van der Waals surface area contributed by atoms with Crippen molar-refractivity contribution in [3.63, 3.8) is 0 Å². The molecule has 0 radical (unpaired) electrons. The lowest BCUT2D eigenvalue weighted by molar-refractivity contribution is 0.0933. The number of carbonyl (C=O) groups is 2. The van der Waals surface area contributed by atoms with Gasteiger partial charge in [-0.25, -0.2) is 9.97 Å². The number of hydrogen-bond acceptors (Lipinski definition) is 7. The van der Waals surface area contributed by atoms with Crippen LogP contribution in [-0.4, -0.2) is 60.4 Å². The number of nitrogens with zero attached hydrogens (tertiary/aromatic N) is 4. The Kier molecular flexibility index (Phi) is 8.60. The Morgan fingerprint density at radius 1 is 1.11 bits per heavy atom. The van der Waals surface area contributed by atoms with Gasteiger partial charge in [0.1, 0.15) is 18.1 Å². The number of piperidine rings is 1.